The molecule has 4 atom stereocenters. The smallest absolute Gasteiger partial charge is 0.226 e. The molecule has 2 bridgehead atoms. The van der Waals surface area contributed by atoms with Gasteiger partial charge in [-0.2, -0.15) is 0 Å². The highest BCUT2D eigenvalue weighted by Gasteiger charge is 2.68. The molecule has 4 unspecified atom stereocenters. The van der Waals surface area contributed by atoms with Gasteiger partial charge in [-0.25, -0.2) is 0 Å². The van der Waals surface area contributed by atoms with Gasteiger partial charge in [-0.15, -0.1) is 0 Å². The summed E-state index contributed by atoms with van der Waals surface area (Å²) in [5, 5.41) is 9.09. The molecule has 0 aromatic carbocycles. The van der Waals surface area contributed by atoms with Crippen LogP contribution >= 0.6 is 0 Å². The largest absolute Gasteiger partial charge is 0.395 e. The van der Waals surface area contributed by atoms with E-state index in [1.807, 2.05) is 4.90 Å². The molecule has 0 radical (unpaired) electrons. The Kier molecular flexibility index (Phi) is 2.11. The second kappa shape index (κ2) is 3.47. The van der Waals surface area contributed by atoms with Gasteiger partial charge in [0, 0.05) is 18.5 Å². The number of hydrogen-bond donors (Lipinski definition) is 1. The molecular formula is C14H21NO2. The third kappa shape index (κ3) is 1.41. The molecule has 1 amide bonds. The highest BCUT2D eigenvalue weighted by molar-refractivity contribution is 5.83. The Labute approximate surface area is 102 Å². The van der Waals surface area contributed by atoms with Crippen molar-refractivity contribution >= 4 is 5.91 Å². The van der Waals surface area contributed by atoms with Crippen LogP contribution in [0.25, 0.3) is 0 Å². The molecule has 17 heavy (non-hydrogen) atoms. The fourth-order valence-corrected chi connectivity index (χ4v) is 4.81. The zero-order valence-electron chi connectivity index (χ0n) is 10.2. The molecule has 94 valence electrons. The zero-order valence-corrected chi connectivity index (χ0v) is 10.2. The van der Waals surface area contributed by atoms with Gasteiger partial charge < -0.3 is 10.0 Å². The van der Waals surface area contributed by atoms with Crippen LogP contribution in [0.2, 0.25) is 0 Å². The number of carbonyl (C=O) groups is 1. The molecule has 4 rings (SSSR count). The van der Waals surface area contributed by atoms with Crippen molar-refractivity contribution in [1.82, 2.24) is 4.90 Å². The van der Waals surface area contributed by atoms with Crippen LogP contribution in [0.4, 0.5) is 0 Å². The van der Waals surface area contributed by atoms with Gasteiger partial charge in [-0.1, -0.05) is 0 Å². The summed E-state index contributed by atoms with van der Waals surface area (Å²) in [5.74, 6) is 3.95. The fraction of sp³-hybridized carbons (Fsp3) is 0.929. The van der Waals surface area contributed by atoms with Crippen molar-refractivity contribution in [3.63, 3.8) is 0 Å². The van der Waals surface area contributed by atoms with Crippen molar-refractivity contribution in [3.05, 3.63) is 0 Å². The van der Waals surface area contributed by atoms with Gasteiger partial charge >= 0.3 is 0 Å². The van der Waals surface area contributed by atoms with E-state index in [9.17, 15) is 4.79 Å². The fourth-order valence-electron chi connectivity index (χ4n) is 4.81. The molecule has 0 spiro atoms. The minimum Gasteiger partial charge on any atom is -0.395 e. The first-order valence-corrected chi connectivity index (χ1v) is 7.22. The Morgan fingerprint density at radius 2 is 1.76 bits per heavy atom. The maximum Gasteiger partial charge on any atom is 0.226 e. The highest BCUT2D eigenvalue weighted by Crippen LogP contribution is 2.69. The molecule has 3 heteroatoms. The lowest BCUT2D eigenvalue weighted by Gasteiger charge is -2.23. The van der Waals surface area contributed by atoms with Crippen molar-refractivity contribution in [1.29, 1.82) is 0 Å². The lowest BCUT2D eigenvalue weighted by atomic mass is 10.0. The molecule has 0 aromatic heterocycles. The Bertz CT molecular complexity index is 336. The van der Waals surface area contributed by atoms with Crippen molar-refractivity contribution in [2.24, 2.45) is 29.6 Å². The monoisotopic (exact) mass is 235 g/mol. The number of hydrogen-bond acceptors (Lipinski definition) is 2. The number of carbonyl (C=O) groups excluding carboxylic acids is 1. The second-order valence-electron chi connectivity index (χ2n) is 6.50. The molecule has 0 heterocycles. The van der Waals surface area contributed by atoms with Crippen LogP contribution in [0.1, 0.15) is 32.1 Å². The van der Waals surface area contributed by atoms with E-state index in [1.165, 1.54) is 19.3 Å². The minimum absolute atomic E-state index is 0.122. The molecular weight excluding hydrogens is 214 g/mol. The Morgan fingerprint density at radius 1 is 1.12 bits per heavy atom. The van der Waals surface area contributed by atoms with E-state index in [0.717, 1.165) is 36.5 Å². The molecule has 1 N–H and O–H groups in total. The van der Waals surface area contributed by atoms with Crippen LogP contribution in [0.15, 0.2) is 0 Å². The summed E-state index contributed by atoms with van der Waals surface area (Å²) in [4.78, 5) is 14.5. The van der Waals surface area contributed by atoms with Crippen molar-refractivity contribution in [2.75, 3.05) is 13.2 Å². The van der Waals surface area contributed by atoms with E-state index in [-0.39, 0.29) is 6.61 Å². The van der Waals surface area contributed by atoms with Crippen LogP contribution in [0.3, 0.4) is 0 Å². The molecule has 0 saturated heterocycles. The molecule has 4 saturated carbocycles. The number of nitrogens with zero attached hydrogens (tertiary/aromatic N) is 1. The average molecular weight is 235 g/mol. The number of aliphatic hydroxyl groups is 1. The maximum absolute atomic E-state index is 12.5. The van der Waals surface area contributed by atoms with E-state index in [2.05, 4.69) is 0 Å². The third-order valence-electron chi connectivity index (χ3n) is 5.63. The lowest BCUT2D eigenvalue weighted by molar-refractivity contribution is -0.134. The molecule has 0 aromatic rings. The summed E-state index contributed by atoms with van der Waals surface area (Å²) >= 11 is 0. The van der Waals surface area contributed by atoms with Crippen LogP contribution in [0, 0.1) is 29.6 Å². The molecule has 4 aliphatic carbocycles. The lowest BCUT2D eigenvalue weighted by Crippen LogP contribution is -2.37. The van der Waals surface area contributed by atoms with Gasteiger partial charge in [0.15, 0.2) is 0 Å². The Balaban J connectivity index is 1.47. The SMILES string of the molecule is O=C(C1C2C3CCC(C3)C12)N(CCO)C1CC1. The summed E-state index contributed by atoms with van der Waals surface area (Å²) in [7, 11) is 0. The topological polar surface area (TPSA) is 40.5 Å². The summed E-state index contributed by atoms with van der Waals surface area (Å²) in [6.07, 6.45) is 6.46. The first kappa shape index (κ1) is 10.4. The Morgan fingerprint density at radius 3 is 2.29 bits per heavy atom. The number of amides is 1. The number of rotatable bonds is 4. The number of fused-ring (bicyclic) bond motifs is 5. The quantitative estimate of drug-likeness (QED) is 0.797. The third-order valence-corrected chi connectivity index (χ3v) is 5.63. The Hall–Kier alpha value is -0.570. The van der Waals surface area contributed by atoms with E-state index >= 15 is 0 Å². The predicted molar refractivity (Wildman–Crippen MR) is 63.1 cm³/mol. The maximum atomic E-state index is 12.5. The zero-order chi connectivity index (χ0) is 11.6. The van der Waals surface area contributed by atoms with Crippen LogP contribution in [-0.4, -0.2) is 35.1 Å². The van der Waals surface area contributed by atoms with Crippen LogP contribution in [-0.2, 0) is 4.79 Å². The molecule has 4 fully saturated rings. The minimum atomic E-state index is 0.122. The predicted octanol–water partition coefficient (Wildman–Crippen LogP) is 1.26. The van der Waals surface area contributed by atoms with Crippen molar-refractivity contribution in [2.45, 2.75) is 38.1 Å². The number of aliphatic hydroxyl groups excluding tert-OH is 1. The highest BCUT2D eigenvalue weighted by atomic mass is 16.3. The first-order chi connectivity index (χ1) is 8.31. The van der Waals surface area contributed by atoms with E-state index in [4.69, 9.17) is 5.11 Å². The van der Waals surface area contributed by atoms with Gasteiger partial charge in [-0.05, 0) is 55.8 Å². The van der Waals surface area contributed by atoms with Crippen molar-refractivity contribution in [3.8, 4) is 0 Å². The van der Waals surface area contributed by atoms with Gasteiger partial charge in [0.2, 0.25) is 5.91 Å². The van der Waals surface area contributed by atoms with Gasteiger partial charge in [0.1, 0.15) is 0 Å². The van der Waals surface area contributed by atoms with E-state index in [0.29, 0.717) is 24.4 Å². The molecule has 0 aliphatic heterocycles. The first-order valence-electron chi connectivity index (χ1n) is 7.22. The normalized spacial score (nSPS) is 45.8. The standard InChI is InChI=1S/C14H21NO2/c16-6-5-15(10-3-4-10)14(17)13-11-8-1-2-9(7-8)12(11)13/h8-13,16H,1-7H2. The molecule has 4 aliphatic rings. The van der Waals surface area contributed by atoms with Gasteiger partial charge in [0.25, 0.3) is 0 Å². The summed E-state index contributed by atoms with van der Waals surface area (Å²) in [5.41, 5.74) is 0. The van der Waals surface area contributed by atoms with Crippen LogP contribution < -0.4 is 0 Å². The van der Waals surface area contributed by atoms with E-state index in [1.54, 1.807) is 0 Å². The summed E-state index contributed by atoms with van der Waals surface area (Å²) in [6, 6.07) is 0.466. The summed E-state index contributed by atoms with van der Waals surface area (Å²) < 4.78 is 0. The molecule has 3 nitrogen and oxygen atoms in total. The van der Waals surface area contributed by atoms with Crippen molar-refractivity contribution < 1.29 is 9.90 Å². The van der Waals surface area contributed by atoms with Gasteiger partial charge in [-0.3, -0.25) is 4.79 Å². The van der Waals surface area contributed by atoms with E-state index < -0.39 is 0 Å². The van der Waals surface area contributed by atoms with Crippen LogP contribution in [0.5, 0.6) is 0 Å². The second-order valence-corrected chi connectivity index (χ2v) is 6.50. The average Bonchev–Trinajstić information content (AvgIpc) is 3.24. The van der Waals surface area contributed by atoms with Gasteiger partial charge in [0.05, 0.1) is 6.61 Å². The summed E-state index contributed by atoms with van der Waals surface area (Å²) in [6.45, 7) is 0.686.